The maximum atomic E-state index is 11.9. The van der Waals surface area contributed by atoms with Crippen LogP contribution in [0.5, 0.6) is 0 Å². The predicted molar refractivity (Wildman–Crippen MR) is 81.2 cm³/mol. The normalized spacial score (nSPS) is 13.4. The van der Waals surface area contributed by atoms with Gasteiger partial charge in [-0.25, -0.2) is 9.89 Å². The number of H-pyrrole nitrogens is 1. The second-order valence-electron chi connectivity index (χ2n) is 4.94. The Morgan fingerprint density at radius 2 is 1.70 bits per heavy atom. The lowest BCUT2D eigenvalue weighted by molar-refractivity contribution is -0.133. The Morgan fingerprint density at radius 1 is 1.09 bits per heavy atom. The lowest BCUT2D eigenvalue weighted by Gasteiger charge is -2.25. The third kappa shape index (κ3) is 2.53. The summed E-state index contributed by atoms with van der Waals surface area (Å²) in [5, 5.41) is 16.7. The summed E-state index contributed by atoms with van der Waals surface area (Å²) in [6.45, 7) is 0. The number of hydrogen-bond donors (Lipinski definition) is 3. The minimum atomic E-state index is -1.95. The van der Waals surface area contributed by atoms with Crippen molar-refractivity contribution in [2.75, 3.05) is 0 Å². The molecule has 1 aromatic heterocycles. The zero-order valence-electron chi connectivity index (χ0n) is 11.9. The second kappa shape index (κ2) is 5.54. The van der Waals surface area contributed by atoms with Gasteiger partial charge in [0.05, 0.1) is 0 Å². The van der Waals surface area contributed by atoms with Gasteiger partial charge in [0.15, 0.2) is 5.60 Å². The highest BCUT2D eigenvalue weighted by Gasteiger charge is 2.38. The van der Waals surface area contributed by atoms with E-state index in [4.69, 9.17) is 10.2 Å². The van der Waals surface area contributed by atoms with Crippen LogP contribution in [0, 0.1) is 0 Å². The van der Waals surface area contributed by atoms with Crippen LogP contribution < -0.4 is 11.5 Å². The molecule has 2 aromatic carbocycles. The van der Waals surface area contributed by atoms with Gasteiger partial charge in [-0.3, -0.25) is 4.79 Å². The van der Waals surface area contributed by atoms with E-state index in [2.05, 4.69) is 10.2 Å². The third-order valence-electron chi connectivity index (χ3n) is 3.54. The first-order valence-corrected chi connectivity index (χ1v) is 6.76. The van der Waals surface area contributed by atoms with E-state index < -0.39 is 17.3 Å². The maximum Gasteiger partial charge on any atom is 0.434 e. The standard InChI is InChI=1S/C16H13N3O4/c17-14(20)16(22,11-4-2-1-3-5-11)12-8-6-10(7-9-12)13-18-19-15(21)23-13/h1-9,22H,(H2,17,20)(H,19,21). The van der Waals surface area contributed by atoms with Gasteiger partial charge in [0.2, 0.25) is 5.89 Å². The molecule has 0 spiro atoms. The molecule has 0 aliphatic carbocycles. The summed E-state index contributed by atoms with van der Waals surface area (Å²) >= 11 is 0. The number of rotatable bonds is 4. The first kappa shape index (κ1) is 14.7. The van der Waals surface area contributed by atoms with Crippen LogP contribution in [0.2, 0.25) is 0 Å². The molecule has 23 heavy (non-hydrogen) atoms. The van der Waals surface area contributed by atoms with Crippen LogP contribution >= 0.6 is 0 Å². The fraction of sp³-hybridized carbons (Fsp3) is 0.0625. The molecule has 1 heterocycles. The van der Waals surface area contributed by atoms with Crippen molar-refractivity contribution in [3.05, 3.63) is 76.3 Å². The number of nitrogens with zero attached hydrogens (tertiary/aromatic N) is 1. The summed E-state index contributed by atoms with van der Waals surface area (Å²) in [7, 11) is 0. The van der Waals surface area contributed by atoms with E-state index in [-0.39, 0.29) is 5.89 Å². The first-order chi connectivity index (χ1) is 11.0. The summed E-state index contributed by atoms with van der Waals surface area (Å²) < 4.78 is 4.85. The van der Waals surface area contributed by atoms with Crippen LogP contribution in [-0.2, 0) is 10.4 Å². The van der Waals surface area contributed by atoms with Crippen molar-refractivity contribution >= 4 is 5.91 Å². The zero-order valence-corrected chi connectivity index (χ0v) is 11.9. The molecule has 116 valence electrons. The predicted octanol–water partition coefficient (Wildman–Crippen LogP) is 0.751. The van der Waals surface area contributed by atoms with Crippen LogP contribution in [-0.4, -0.2) is 21.2 Å². The molecule has 0 fully saturated rings. The summed E-state index contributed by atoms with van der Waals surface area (Å²) in [5.41, 5.74) is 4.66. The number of nitrogens with two attached hydrogens (primary N) is 1. The molecule has 1 atom stereocenters. The van der Waals surface area contributed by atoms with E-state index in [1.54, 1.807) is 42.5 Å². The number of hydrogen-bond acceptors (Lipinski definition) is 5. The SMILES string of the molecule is NC(=O)C(O)(c1ccccc1)c1ccc(-c2n[nH]c(=O)o2)cc1. The highest BCUT2D eigenvalue weighted by molar-refractivity contribution is 5.88. The van der Waals surface area contributed by atoms with E-state index in [9.17, 15) is 14.7 Å². The van der Waals surface area contributed by atoms with Crippen molar-refractivity contribution in [3.63, 3.8) is 0 Å². The molecule has 0 saturated heterocycles. The highest BCUT2D eigenvalue weighted by Crippen LogP contribution is 2.30. The average molecular weight is 311 g/mol. The molecule has 0 aliphatic heterocycles. The Morgan fingerprint density at radius 3 is 2.22 bits per heavy atom. The monoisotopic (exact) mass is 311 g/mol. The van der Waals surface area contributed by atoms with Gasteiger partial charge in [0, 0.05) is 5.56 Å². The van der Waals surface area contributed by atoms with E-state index in [0.717, 1.165) is 0 Å². The molecule has 7 nitrogen and oxygen atoms in total. The largest absolute Gasteiger partial charge is 0.434 e. The second-order valence-corrected chi connectivity index (χ2v) is 4.94. The Kier molecular flexibility index (Phi) is 3.55. The lowest BCUT2D eigenvalue weighted by Crippen LogP contribution is -2.42. The molecule has 0 saturated carbocycles. The van der Waals surface area contributed by atoms with Crippen LogP contribution in [0.25, 0.3) is 11.5 Å². The summed E-state index contributed by atoms with van der Waals surface area (Å²) in [5.74, 6) is -1.44. The Balaban J connectivity index is 2.05. The van der Waals surface area contributed by atoms with Crippen molar-refractivity contribution in [2.45, 2.75) is 5.60 Å². The number of amides is 1. The van der Waals surface area contributed by atoms with Crippen molar-refractivity contribution in [2.24, 2.45) is 5.73 Å². The molecule has 0 bridgehead atoms. The Hall–Kier alpha value is -3.19. The zero-order chi connectivity index (χ0) is 16.4. The highest BCUT2D eigenvalue weighted by atomic mass is 16.4. The van der Waals surface area contributed by atoms with E-state index in [1.807, 2.05) is 0 Å². The number of aliphatic hydroxyl groups is 1. The number of carbonyl (C=O) groups is 1. The number of primary amides is 1. The fourth-order valence-corrected chi connectivity index (χ4v) is 2.34. The van der Waals surface area contributed by atoms with Gasteiger partial charge in [-0.05, 0) is 23.3 Å². The summed E-state index contributed by atoms with van der Waals surface area (Å²) in [6, 6.07) is 14.6. The van der Waals surface area contributed by atoms with Gasteiger partial charge in [0.25, 0.3) is 5.91 Å². The number of aromatic amines is 1. The van der Waals surface area contributed by atoms with E-state index in [1.165, 1.54) is 12.1 Å². The summed E-state index contributed by atoms with van der Waals surface area (Å²) in [6.07, 6.45) is 0. The van der Waals surface area contributed by atoms with Crippen LogP contribution in [0.3, 0.4) is 0 Å². The van der Waals surface area contributed by atoms with Crippen molar-refractivity contribution in [1.82, 2.24) is 10.2 Å². The maximum absolute atomic E-state index is 11.9. The summed E-state index contributed by atoms with van der Waals surface area (Å²) in [4.78, 5) is 22.9. The van der Waals surface area contributed by atoms with Gasteiger partial charge >= 0.3 is 5.76 Å². The smallest absolute Gasteiger partial charge is 0.388 e. The quantitative estimate of drug-likeness (QED) is 0.656. The molecule has 0 aliphatic rings. The molecule has 0 radical (unpaired) electrons. The molecular formula is C16H13N3O4. The van der Waals surface area contributed by atoms with Gasteiger partial charge in [-0.15, -0.1) is 5.10 Å². The number of benzene rings is 2. The van der Waals surface area contributed by atoms with Crippen LogP contribution in [0.15, 0.2) is 63.8 Å². The minimum absolute atomic E-state index is 0.115. The Bertz CT molecular complexity index is 883. The van der Waals surface area contributed by atoms with Crippen LogP contribution in [0.1, 0.15) is 11.1 Å². The average Bonchev–Trinajstić information content (AvgIpc) is 3.01. The number of aromatic nitrogens is 2. The van der Waals surface area contributed by atoms with E-state index >= 15 is 0 Å². The van der Waals surface area contributed by atoms with Crippen LogP contribution in [0.4, 0.5) is 0 Å². The molecule has 1 amide bonds. The van der Waals surface area contributed by atoms with Gasteiger partial charge < -0.3 is 15.3 Å². The van der Waals surface area contributed by atoms with Crippen molar-refractivity contribution in [3.8, 4) is 11.5 Å². The molecule has 4 N–H and O–H groups in total. The molecular weight excluding hydrogens is 298 g/mol. The molecule has 3 aromatic rings. The number of carbonyl (C=O) groups excluding carboxylic acids is 1. The molecule has 3 rings (SSSR count). The third-order valence-corrected chi connectivity index (χ3v) is 3.54. The van der Waals surface area contributed by atoms with Gasteiger partial charge in [-0.2, -0.15) is 0 Å². The lowest BCUT2D eigenvalue weighted by atomic mass is 9.85. The van der Waals surface area contributed by atoms with E-state index in [0.29, 0.717) is 16.7 Å². The molecule has 1 unspecified atom stereocenters. The fourth-order valence-electron chi connectivity index (χ4n) is 2.34. The van der Waals surface area contributed by atoms with Gasteiger partial charge in [0.1, 0.15) is 0 Å². The van der Waals surface area contributed by atoms with Gasteiger partial charge in [-0.1, -0.05) is 42.5 Å². The number of nitrogens with one attached hydrogen (secondary N) is 1. The van der Waals surface area contributed by atoms with Crippen molar-refractivity contribution in [1.29, 1.82) is 0 Å². The first-order valence-electron chi connectivity index (χ1n) is 6.76. The topological polar surface area (TPSA) is 122 Å². The van der Waals surface area contributed by atoms with Crippen molar-refractivity contribution < 1.29 is 14.3 Å². The minimum Gasteiger partial charge on any atom is -0.388 e. The molecule has 7 heteroatoms. The Labute approximate surface area is 130 Å².